The van der Waals surface area contributed by atoms with Crippen molar-refractivity contribution in [2.24, 2.45) is 0 Å². The van der Waals surface area contributed by atoms with Gasteiger partial charge in [-0.25, -0.2) is 9.48 Å². The molecular formula is C26H19ClN4O4. The molecule has 0 atom stereocenters. The predicted octanol–water partition coefficient (Wildman–Crippen LogP) is 5.17. The number of anilines is 1. The Morgan fingerprint density at radius 1 is 1.09 bits per heavy atom. The molecule has 174 valence electrons. The third kappa shape index (κ3) is 4.78. The van der Waals surface area contributed by atoms with E-state index in [2.05, 4.69) is 15.6 Å². The summed E-state index contributed by atoms with van der Waals surface area (Å²) >= 11 is 6.13. The first-order valence-electron chi connectivity index (χ1n) is 10.7. The van der Waals surface area contributed by atoms with Crippen molar-refractivity contribution in [3.63, 3.8) is 0 Å². The monoisotopic (exact) mass is 486 g/mol. The van der Waals surface area contributed by atoms with Crippen LogP contribution in [0.5, 0.6) is 5.75 Å². The lowest BCUT2D eigenvalue weighted by Gasteiger charge is -2.10. The van der Waals surface area contributed by atoms with Gasteiger partial charge >= 0.3 is 5.63 Å². The number of nitrogens with one attached hydrogen (secondary N) is 1. The standard InChI is InChI=1S/C26H19ClN4O4/c1-16-21(27)6-4-7-22(16)28-26(33)17-9-11-19(12-10-17)31-14-18(29-30-31)15-34-24-13-25(32)35-23-8-3-2-5-20(23)24/h2-14H,15H2,1H3,(H,28,33). The van der Waals surface area contributed by atoms with Crippen LogP contribution in [0.4, 0.5) is 5.69 Å². The lowest BCUT2D eigenvalue weighted by atomic mass is 10.1. The smallest absolute Gasteiger partial charge is 0.339 e. The molecule has 35 heavy (non-hydrogen) atoms. The number of fused-ring (bicyclic) bond motifs is 1. The lowest BCUT2D eigenvalue weighted by Crippen LogP contribution is -2.13. The van der Waals surface area contributed by atoms with Gasteiger partial charge in [0.25, 0.3) is 5.91 Å². The maximum Gasteiger partial charge on any atom is 0.339 e. The van der Waals surface area contributed by atoms with E-state index in [0.717, 1.165) is 11.3 Å². The van der Waals surface area contributed by atoms with Gasteiger partial charge in [0.1, 0.15) is 23.6 Å². The SMILES string of the molecule is Cc1c(Cl)cccc1NC(=O)c1ccc(-n2cc(COc3cc(=O)oc4ccccc34)nn2)cc1. The normalized spacial score (nSPS) is 10.9. The fourth-order valence-electron chi connectivity index (χ4n) is 3.55. The number of halogens is 1. The van der Waals surface area contributed by atoms with E-state index in [-0.39, 0.29) is 12.5 Å². The summed E-state index contributed by atoms with van der Waals surface area (Å²) in [7, 11) is 0. The van der Waals surface area contributed by atoms with Crippen LogP contribution in [0.3, 0.4) is 0 Å². The van der Waals surface area contributed by atoms with Crippen LogP contribution >= 0.6 is 11.6 Å². The van der Waals surface area contributed by atoms with Crippen LogP contribution in [-0.2, 0) is 6.61 Å². The second kappa shape index (κ2) is 9.44. The molecule has 0 saturated heterocycles. The minimum absolute atomic E-state index is 0.118. The van der Waals surface area contributed by atoms with E-state index >= 15 is 0 Å². The van der Waals surface area contributed by atoms with Gasteiger partial charge in [-0.2, -0.15) is 0 Å². The predicted molar refractivity (Wildman–Crippen MR) is 132 cm³/mol. The molecule has 0 aliphatic heterocycles. The van der Waals surface area contributed by atoms with Crippen LogP contribution in [-0.4, -0.2) is 20.9 Å². The average Bonchev–Trinajstić information content (AvgIpc) is 3.34. The van der Waals surface area contributed by atoms with Gasteiger partial charge < -0.3 is 14.5 Å². The van der Waals surface area contributed by atoms with Gasteiger partial charge in [0.15, 0.2) is 0 Å². The molecule has 1 N–H and O–H groups in total. The van der Waals surface area contributed by atoms with Crippen LogP contribution in [0.15, 0.2) is 88.2 Å². The van der Waals surface area contributed by atoms with Crippen LogP contribution in [0.25, 0.3) is 16.7 Å². The van der Waals surface area contributed by atoms with Crippen molar-refractivity contribution >= 4 is 34.2 Å². The molecule has 0 aliphatic rings. The third-order valence-electron chi connectivity index (χ3n) is 5.44. The number of nitrogens with zero attached hydrogens (tertiary/aromatic N) is 3. The number of hydrogen-bond acceptors (Lipinski definition) is 6. The highest BCUT2D eigenvalue weighted by Crippen LogP contribution is 2.25. The van der Waals surface area contributed by atoms with Crippen molar-refractivity contribution in [3.8, 4) is 11.4 Å². The molecule has 9 heteroatoms. The van der Waals surface area contributed by atoms with Crippen molar-refractivity contribution in [1.29, 1.82) is 0 Å². The van der Waals surface area contributed by atoms with Gasteiger partial charge in [0, 0.05) is 16.3 Å². The molecule has 0 spiro atoms. The highest BCUT2D eigenvalue weighted by atomic mass is 35.5. The zero-order valence-corrected chi connectivity index (χ0v) is 19.3. The zero-order valence-electron chi connectivity index (χ0n) is 18.6. The Balaban J connectivity index is 1.27. The largest absolute Gasteiger partial charge is 0.486 e. The number of ether oxygens (including phenoxy) is 1. The van der Waals surface area contributed by atoms with Gasteiger partial charge in [0.2, 0.25) is 0 Å². The molecule has 2 heterocycles. The van der Waals surface area contributed by atoms with E-state index in [1.165, 1.54) is 6.07 Å². The van der Waals surface area contributed by atoms with Crippen LogP contribution in [0.1, 0.15) is 21.6 Å². The van der Waals surface area contributed by atoms with Crippen LogP contribution in [0, 0.1) is 6.92 Å². The van der Waals surface area contributed by atoms with Crippen LogP contribution in [0.2, 0.25) is 5.02 Å². The van der Waals surface area contributed by atoms with E-state index < -0.39 is 5.63 Å². The molecular weight excluding hydrogens is 468 g/mol. The second-order valence-electron chi connectivity index (χ2n) is 7.78. The quantitative estimate of drug-likeness (QED) is 0.332. The molecule has 2 aromatic heterocycles. The summed E-state index contributed by atoms with van der Waals surface area (Å²) in [6, 6.07) is 20.8. The van der Waals surface area contributed by atoms with Crippen molar-refractivity contribution < 1.29 is 13.9 Å². The topological polar surface area (TPSA) is 99.2 Å². The Bertz CT molecular complexity index is 1590. The summed E-state index contributed by atoms with van der Waals surface area (Å²) in [5.41, 5.74) is 3.22. The van der Waals surface area contributed by atoms with Crippen LogP contribution < -0.4 is 15.7 Å². The number of carbonyl (C=O) groups excluding carboxylic acids is 1. The first-order valence-corrected chi connectivity index (χ1v) is 11.1. The molecule has 0 fully saturated rings. The van der Waals surface area contributed by atoms with Gasteiger partial charge in [-0.15, -0.1) is 5.10 Å². The summed E-state index contributed by atoms with van der Waals surface area (Å²) in [6.07, 6.45) is 1.72. The molecule has 0 saturated carbocycles. The van der Waals surface area contributed by atoms with E-state index in [0.29, 0.717) is 38.7 Å². The average molecular weight is 487 g/mol. The Labute approximate surface area is 204 Å². The molecule has 3 aromatic carbocycles. The molecule has 0 bridgehead atoms. The number of amides is 1. The zero-order chi connectivity index (χ0) is 24.4. The summed E-state index contributed by atoms with van der Waals surface area (Å²) in [5.74, 6) is 0.172. The van der Waals surface area contributed by atoms with Gasteiger partial charge in [-0.1, -0.05) is 35.0 Å². The first kappa shape index (κ1) is 22.4. The Hall–Kier alpha value is -4.43. The minimum atomic E-state index is -0.489. The maximum atomic E-state index is 12.6. The highest BCUT2D eigenvalue weighted by Gasteiger charge is 2.11. The Morgan fingerprint density at radius 2 is 1.89 bits per heavy atom. The van der Waals surface area contributed by atoms with Crippen molar-refractivity contribution in [2.75, 3.05) is 5.32 Å². The third-order valence-corrected chi connectivity index (χ3v) is 5.85. The molecule has 5 rings (SSSR count). The molecule has 1 amide bonds. The van der Waals surface area contributed by atoms with E-state index in [4.69, 9.17) is 20.8 Å². The van der Waals surface area contributed by atoms with E-state index in [9.17, 15) is 9.59 Å². The summed E-state index contributed by atoms with van der Waals surface area (Å²) in [5, 5.41) is 12.4. The van der Waals surface area contributed by atoms with E-state index in [1.807, 2.05) is 19.1 Å². The summed E-state index contributed by atoms with van der Waals surface area (Å²) in [4.78, 5) is 24.4. The van der Waals surface area contributed by atoms with Gasteiger partial charge in [-0.3, -0.25) is 4.79 Å². The van der Waals surface area contributed by atoms with Gasteiger partial charge in [-0.05, 0) is 61.0 Å². The number of carbonyl (C=O) groups is 1. The highest BCUT2D eigenvalue weighted by molar-refractivity contribution is 6.31. The fraction of sp³-hybridized carbons (Fsp3) is 0.0769. The molecule has 5 aromatic rings. The Morgan fingerprint density at radius 3 is 2.71 bits per heavy atom. The van der Waals surface area contributed by atoms with Gasteiger partial charge in [0.05, 0.1) is 23.3 Å². The summed E-state index contributed by atoms with van der Waals surface area (Å²) in [6.45, 7) is 1.97. The molecule has 0 aliphatic carbocycles. The number of hydrogen-bond donors (Lipinski definition) is 1. The molecule has 8 nitrogen and oxygen atoms in total. The van der Waals surface area contributed by atoms with Crippen molar-refractivity contribution in [2.45, 2.75) is 13.5 Å². The number of aromatic nitrogens is 3. The minimum Gasteiger partial charge on any atom is -0.486 e. The maximum absolute atomic E-state index is 12.6. The van der Waals surface area contributed by atoms with Crippen molar-refractivity contribution in [1.82, 2.24) is 15.0 Å². The second-order valence-corrected chi connectivity index (χ2v) is 8.19. The summed E-state index contributed by atoms with van der Waals surface area (Å²) < 4.78 is 12.6. The number of para-hydroxylation sites is 1. The fourth-order valence-corrected chi connectivity index (χ4v) is 3.72. The Kier molecular flexibility index (Phi) is 6.03. The number of benzene rings is 3. The van der Waals surface area contributed by atoms with Crippen molar-refractivity contribution in [3.05, 3.63) is 111 Å². The lowest BCUT2D eigenvalue weighted by molar-refractivity contribution is 0.102. The van der Waals surface area contributed by atoms with E-state index in [1.54, 1.807) is 65.5 Å². The first-order chi connectivity index (χ1) is 17.0. The number of rotatable bonds is 6. The molecule has 0 unspecified atom stereocenters. The molecule has 0 radical (unpaired) electrons.